The molecule has 37 heavy (non-hydrogen) atoms. The molecule has 2 amide bonds. The molecule has 3 N–H and O–H groups in total. The zero-order valence-electron chi connectivity index (χ0n) is 20.8. The number of hydrogen-bond donors (Lipinski definition) is 3. The molecule has 200 valence electrons. The summed E-state index contributed by atoms with van der Waals surface area (Å²) in [5.74, 6) is -1.59. The van der Waals surface area contributed by atoms with Gasteiger partial charge in [-0.3, -0.25) is 9.59 Å². The van der Waals surface area contributed by atoms with E-state index in [2.05, 4.69) is 15.4 Å². The normalized spacial score (nSPS) is 22.0. The Hall–Kier alpha value is -3.31. The topological polar surface area (TPSA) is 131 Å². The molecule has 2 aliphatic heterocycles. The van der Waals surface area contributed by atoms with E-state index < -0.39 is 45.8 Å². The standard InChI is InChI=1S/C26H32FN3O6S/c1-17(2)24-26(33)28-20(16-31)5-3-4-14-36-21-10-6-18(7-11-21)15-23(25(32)29-24)30-37(34,35)22-12-8-19(27)9-13-22/h6-13,16-17,20,23-24,30H,3-5,14-15H2,1-2H3,(H,28,33)(H,29,32). The maximum absolute atomic E-state index is 13.4. The molecule has 2 heterocycles. The Labute approximate surface area is 216 Å². The van der Waals surface area contributed by atoms with Crippen LogP contribution in [0.5, 0.6) is 5.75 Å². The Bertz CT molecular complexity index is 1190. The van der Waals surface area contributed by atoms with Gasteiger partial charge in [-0.05, 0) is 73.6 Å². The number of nitrogens with one attached hydrogen (secondary N) is 3. The van der Waals surface area contributed by atoms with Crippen molar-refractivity contribution < 1.29 is 31.9 Å². The van der Waals surface area contributed by atoms with Crippen LogP contribution in [0, 0.1) is 11.7 Å². The fraction of sp³-hybridized carbons (Fsp3) is 0.423. The molecule has 0 fully saturated rings. The van der Waals surface area contributed by atoms with Crippen LogP contribution in [-0.4, -0.2) is 51.3 Å². The SMILES string of the molecule is CC(C)C1NC(=O)C(NS(=O)(=O)c2ccc(F)cc2)Cc2ccc(cc2)OCCCCC(C=O)NC1=O. The molecule has 2 bridgehead atoms. The maximum atomic E-state index is 13.4. The lowest BCUT2D eigenvalue weighted by atomic mass is 10.0. The molecule has 4 rings (SSSR count). The Morgan fingerprint density at radius 2 is 1.68 bits per heavy atom. The molecule has 0 saturated heterocycles. The third-order valence-electron chi connectivity index (χ3n) is 6.02. The fourth-order valence-corrected chi connectivity index (χ4v) is 5.10. The van der Waals surface area contributed by atoms with Crippen LogP contribution in [0.2, 0.25) is 0 Å². The summed E-state index contributed by atoms with van der Waals surface area (Å²) < 4.78 is 47.5. The van der Waals surface area contributed by atoms with E-state index >= 15 is 0 Å². The number of benzene rings is 2. The number of fused-ring (bicyclic) bond motifs is 14. The van der Waals surface area contributed by atoms with Gasteiger partial charge in [0.15, 0.2) is 0 Å². The van der Waals surface area contributed by atoms with Gasteiger partial charge in [-0.15, -0.1) is 0 Å². The van der Waals surface area contributed by atoms with E-state index in [0.29, 0.717) is 43.5 Å². The lowest BCUT2D eigenvalue weighted by Crippen LogP contribution is -2.57. The van der Waals surface area contributed by atoms with E-state index in [0.717, 1.165) is 24.3 Å². The molecule has 3 atom stereocenters. The van der Waals surface area contributed by atoms with Gasteiger partial charge in [-0.2, -0.15) is 4.72 Å². The van der Waals surface area contributed by atoms with Crippen molar-refractivity contribution in [3.05, 3.63) is 59.9 Å². The average molecular weight is 534 g/mol. The van der Waals surface area contributed by atoms with Crippen molar-refractivity contribution in [2.45, 2.75) is 62.6 Å². The molecule has 2 aromatic rings. The first-order chi connectivity index (χ1) is 17.6. The second-order valence-electron chi connectivity index (χ2n) is 9.30. The van der Waals surface area contributed by atoms with Gasteiger partial charge in [0.25, 0.3) is 0 Å². The third-order valence-corrected chi connectivity index (χ3v) is 7.51. The first-order valence-electron chi connectivity index (χ1n) is 12.1. The molecule has 9 nitrogen and oxygen atoms in total. The molecule has 0 saturated carbocycles. The summed E-state index contributed by atoms with van der Waals surface area (Å²) in [7, 11) is -4.20. The van der Waals surface area contributed by atoms with Gasteiger partial charge in [0, 0.05) is 0 Å². The zero-order valence-corrected chi connectivity index (χ0v) is 21.6. The summed E-state index contributed by atoms with van der Waals surface area (Å²) >= 11 is 0. The minimum absolute atomic E-state index is 0.0179. The van der Waals surface area contributed by atoms with E-state index in [4.69, 9.17) is 4.74 Å². The highest BCUT2D eigenvalue weighted by atomic mass is 32.2. The van der Waals surface area contributed by atoms with Crippen LogP contribution in [0.1, 0.15) is 38.7 Å². The summed E-state index contributed by atoms with van der Waals surface area (Å²) in [5.41, 5.74) is 0.658. The largest absolute Gasteiger partial charge is 0.494 e. The minimum atomic E-state index is -4.20. The van der Waals surface area contributed by atoms with Crippen LogP contribution in [0.25, 0.3) is 0 Å². The Balaban J connectivity index is 1.93. The van der Waals surface area contributed by atoms with E-state index in [1.807, 2.05) is 0 Å². The van der Waals surface area contributed by atoms with Crippen LogP contribution in [0.4, 0.5) is 4.39 Å². The summed E-state index contributed by atoms with van der Waals surface area (Å²) in [6, 6.07) is 8.13. The van der Waals surface area contributed by atoms with Crippen molar-refractivity contribution >= 4 is 28.1 Å². The van der Waals surface area contributed by atoms with Crippen molar-refractivity contribution in [1.29, 1.82) is 0 Å². The quantitative estimate of drug-likeness (QED) is 0.505. The van der Waals surface area contributed by atoms with Crippen molar-refractivity contribution in [2.24, 2.45) is 5.92 Å². The van der Waals surface area contributed by atoms with Crippen LogP contribution in [-0.2, 0) is 30.8 Å². The highest BCUT2D eigenvalue weighted by molar-refractivity contribution is 7.89. The summed E-state index contributed by atoms with van der Waals surface area (Å²) in [4.78, 5) is 37.7. The number of aldehydes is 1. The number of hydrogen-bond acceptors (Lipinski definition) is 6. The van der Waals surface area contributed by atoms with E-state index in [1.165, 1.54) is 0 Å². The zero-order chi connectivity index (χ0) is 27.0. The Kier molecular flexibility index (Phi) is 9.76. The minimum Gasteiger partial charge on any atom is -0.494 e. The molecule has 3 unspecified atom stereocenters. The lowest BCUT2D eigenvalue weighted by molar-refractivity contribution is -0.131. The smallest absolute Gasteiger partial charge is 0.243 e. The van der Waals surface area contributed by atoms with Crippen LogP contribution in [0.3, 0.4) is 0 Å². The first kappa shape index (κ1) is 28.3. The predicted octanol–water partition coefficient (Wildman–Crippen LogP) is 2.10. The van der Waals surface area contributed by atoms with Gasteiger partial charge in [-0.1, -0.05) is 26.0 Å². The molecular formula is C26H32FN3O6S. The van der Waals surface area contributed by atoms with Crippen molar-refractivity contribution in [3.8, 4) is 5.75 Å². The molecule has 0 aromatic heterocycles. The molecule has 2 aliphatic rings. The Morgan fingerprint density at radius 3 is 2.30 bits per heavy atom. The van der Waals surface area contributed by atoms with Crippen molar-refractivity contribution in [3.63, 3.8) is 0 Å². The monoisotopic (exact) mass is 533 g/mol. The van der Waals surface area contributed by atoms with Gasteiger partial charge in [0.2, 0.25) is 21.8 Å². The van der Waals surface area contributed by atoms with E-state index in [9.17, 15) is 27.2 Å². The van der Waals surface area contributed by atoms with Gasteiger partial charge < -0.3 is 20.2 Å². The Morgan fingerprint density at radius 1 is 1.00 bits per heavy atom. The second kappa shape index (κ2) is 12.8. The number of ether oxygens (including phenoxy) is 1. The van der Waals surface area contributed by atoms with Crippen molar-refractivity contribution in [1.82, 2.24) is 15.4 Å². The average Bonchev–Trinajstić information content (AvgIpc) is 2.86. The molecule has 2 aromatic carbocycles. The lowest BCUT2D eigenvalue weighted by Gasteiger charge is -2.26. The predicted molar refractivity (Wildman–Crippen MR) is 135 cm³/mol. The number of halogens is 1. The summed E-state index contributed by atoms with van der Waals surface area (Å²) in [5, 5.41) is 5.32. The van der Waals surface area contributed by atoms with Gasteiger partial charge in [0.05, 0.1) is 17.5 Å². The molecule has 0 spiro atoms. The van der Waals surface area contributed by atoms with Crippen LogP contribution in [0.15, 0.2) is 53.4 Å². The van der Waals surface area contributed by atoms with Gasteiger partial charge >= 0.3 is 0 Å². The van der Waals surface area contributed by atoms with E-state index in [-0.39, 0.29) is 17.2 Å². The molecule has 11 heteroatoms. The third kappa shape index (κ3) is 8.09. The van der Waals surface area contributed by atoms with E-state index in [1.54, 1.807) is 38.1 Å². The molecule has 0 radical (unpaired) electrons. The van der Waals surface area contributed by atoms with Gasteiger partial charge in [-0.25, -0.2) is 12.8 Å². The first-order valence-corrected chi connectivity index (χ1v) is 13.6. The number of rotatable bonds is 5. The summed E-state index contributed by atoms with van der Waals surface area (Å²) in [6.45, 7) is 3.89. The van der Waals surface area contributed by atoms with Crippen molar-refractivity contribution in [2.75, 3.05) is 6.61 Å². The second-order valence-corrected chi connectivity index (χ2v) is 11.0. The highest BCUT2D eigenvalue weighted by Gasteiger charge is 2.32. The number of sulfonamides is 1. The molecule has 0 aliphatic carbocycles. The van der Waals surface area contributed by atoms with Crippen LogP contribution < -0.4 is 20.1 Å². The summed E-state index contributed by atoms with van der Waals surface area (Å²) in [6.07, 6.45) is 2.38. The van der Waals surface area contributed by atoms with Crippen LogP contribution >= 0.6 is 0 Å². The number of carbonyl (C=O) groups is 3. The maximum Gasteiger partial charge on any atom is 0.243 e. The highest BCUT2D eigenvalue weighted by Crippen LogP contribution is 2.17. The fourth-order valence-electron chi connectivity index (χ4n) is 3.91. The number of carbonyl (C=O) groups excluding carboxylic acids is 3. The van der Waals surface area contributed by atoms with Gasteiger partial charge in [0.1, 0.15) is 29.9 Å². The number of amides is 2. The molecular weight excluding hydrogens is 501 g/mol.